The van der Waals surface area contributed by atoms with E-state index in [9.17, 15) is 5.11 Å². The zero-order chi connectivity index (χ0) is 6.85. The van der Waals surface area contributed by atoms with Crippen LogP contribution in [0.25, 0.3) is 0 Å². The summed E-state index contributed by atoms with van der Waals surface area (Å²) in [6, 6.07) is 0. The average Bonchev–Trinajstić information content (AvgIpc) is 1.79. The molecule has 1 aliphatic carbocycles. The van der Waals surface area contributed by atoms with Gasteiger partial charge in [-0.15, -0.1) is 0 Å². The number of rotatable bonds is 2. The second-order valence-electron chi connectivity index (χ2n) is 3.31. The number of aliphatic hydroxyl groups is 1. The molecule has 1 unspecified atom stereocenters. The third kappa shape index (κ3) is 1.45. The lowest BCUT2D eigenvalue weighted by Crippen LogP contribution is -2.31. The molecule has 1 heteroatoms. The SMILES string of the molecule is CCC(O)C1CC(C)C1. The summed E-state index contributed by atoms with van der Waals surface area (Å²) in [6.07, 6.45) is 3.41. The molecule has 1 atom stereocenters. The molecule has 54 valence electrons. The lowest BCUT2D eigenvalue weighted by atomic mass is 9.72. The van der Waals surface area contributed by atoms with Crippen molar-refractivity contribution in [2.24, 2.45) is 11.8 Å². The van der Waals surface area contributed by atoms with Crippen LogP contribution in [-0.2, 0) is 0 Å². The minimum absolute atomic E-state index is 0.0128. The monoisotopic (exact) mass is 128 g/mol. The van der Waals surface area contributed by atoms with Gasteiger partial charge in [0.05, 0.1) is 6.10 Å². The molecule has 0 heterocycles. The van der Waals surface area contributed by atoms with Crippen molar-refractivity contribution in [3.63, 3.8) is 0 Å². The van der Waals surface area contributed by atoms with E-state index >= 15 is 0 Å². The summed E-state index contributed by atoms with van der Waals surface area (Å²) in [6.45, 7) is 4.30. The van der Waals surface area contributed by atoms with Gasteiger partial charge in [0.2, 0.25) is 0 Å². The summed E-state index contributed by atoms with van der Waals surface area (Å²) in [4.78, 5) is 0. The molecular weight excluding hydrogens is 112 g/mol. The second-order valence-corrected chi connectivity index (χ2v) is 3.31. The Morgan fingerprint density at radius 2 is 2.11 bits per heavy atom. The minimum Gasteiger partial charge on any atom is -0.393 e. The molecule has 1 N–H and O–H groups in total. The number of hydrogen-bond donors (Lipinski definition) is 1. The van der Waals surface area contributed by atoms with Gasteiger partial charge in [-0.2, -0.15) is 0 Å². The molecule has 0 bridgehead atoms. The molecule has 0 saturated heterocycles. The maximum Gasteiger partial charge on any atom is 0.0566 e. The molecule has 9 heavy (non-hydrogen) atoms. The van der Waals surface area contributed by atoms with Crippen LogP contribution in [0, 0.1) is 11.8 Å². The highest BCUT2D eigenvalue weighted by molar-refractivity contribution is 4.80. The van der Waals surface area contributed by atoms with Crippen molar-refractivity contribution in [1.82, 2.24) is 0 Å². The molecular formula is C8H16O. The highest BCUT2D eigenvalue weighted by Crippen LogP contribution is 2.36. The van der Waals surface area contributed by atoms with Gasteiger partial charge < -0.3 is 5.11 Å². The summed E-state index contributed by atoms with van der Waals surface area (Å²) < 4.78 is 0. The molecule has 1 rings (SSSR count). The van der Waals surface area contributed by atoms with Crippen LogP contribution < -0.4 is 0 Å². The van der Waals surface area contributed by atoms with Crippen molar-refractivity contribution in [2.45, 2.75) is 39.2 Å². The Kier molecular flexibility index (Phi) is 2.12. The van der Waals surface area contributed by atoms with Crippen LogP contribution >= 0.6 is 0 Å². The lowest BCUT2D eigenvalue weighted by Gasteiger charge is -2.35. The maximum absolute atomic E-state index is 9.30. The van der Waals surface area contributed by atoms with Crippen LogP contribution in [0.15, 0.2) is 0 Å². The molecule has 0 aromatic carbocycles. The van der Waals surface area contributed by atoms with Gasteiger partial charge in [0.25, 0.3) is 0 Å². The van der Waals surface area contributed by atoms with Crippen LogP contribution in [0.2, 0.25) is 0 Å². The fourth-order valence-corrected chi connectivity index (χ4v) is 1.61. The molecule has 1 saturated carbocycles. The van der Waals surface area contributed by atoms with Crippen molar-refractivity contribution in [1.29, 1.82) is 0 Å². The Balaban J connectivity index is 2.15. The Labute approximate surface area is 57.1 Å². The third-order valence-electron chi connectivity index (χ3n) is 2.37. The Morgan fingerprint density at radius 3 is 2.44 bits per heavy atom. The predicted molar refractivity (Wildman–Crippen MR) is 38.2 cm³/mol. The molecule has 1 aliphatic rings. The summed E-state index contributed by atoms with van der Waals surface area (Å²) >= 11 is 0. The lowest BCUT2D eigenvalue weighted by molar-refractivity contribution is 0.0311. The van der Waals surface area contributed by atoms with Gasteiger partial charge in [-0.05, 0) is 31.1 Å². The largest absolute Gasteiger partial charge is 0.393 e. The Morgan fingerprint density at radius 1 is 1.56 bits per heavy atom. The van der Waals surface area contributed by atoms with E-state index in [0.717, 1.165) is 12.3 Å². The van der Waals surface area contributed by atoms with E-state index in [1.165, 1.54) is 12.8 Å². The molecule has 1 nitrogen and oxygen atoms in total. The van der Waals surface area contributed by atoms with Gasteiger partial charge in [0.15, 0.2) is 0 Å². The van der Waals surface area contributed by atoms with E-state index in [-0.39, 0.29) is 6.10 Å². The van der Waals surface area contributed by atoms with Gasteiger partial charge in [-0.1, -0.05) is 13.8 Å². The standard InChI is InChI=1S/C8H16O/c1-3-8(9)7-4-6(2)5-7/h6-9H,3-5H2,1-2H3. The van der Waals surface area contributed by atoms with Gasteiger partial charge in [0.1, 0.15) is 0 Å². The van der Waals surface area contributed by atoms with E-state index in [1.807, 2.05) is 6.92 Å². The van der Waals surface area contributed by atoms with Gasteiger partial charge >= 0.3 is 0 Å². The third-order valence-corrected chi connectivity index (χ3v) is 2.37. The van der Waals surface area contributed by atoms with Crippen LogP contribution in [0.3, 0.4) is 0 Å². The highest BCUT2D eigenvalue weighted by Gasteiger charge is 2.29. The first kappa shape index (κ1) is 7.07. The number of hydrogen-bond acceptors (Lipinski definition) is 1. The first-order valence-corrected chi connectivity index (χ1v) is 3.92. The maximum atomic E-state index is 9.30. The van der Waals surface area contributed by atoms with E-state index in [1.54, 1.807) is 0 Å². The Hall–Kier alpha value is -0.0400. The van der Waals surface area contributed by atoms with Crippen LogP contribution in [0.1, 0.15) is 33.1 Å². The van der Waals surface area contributed by atoms with Crippen molar-refractivity contribution in [3.8, 4) is 0 Å². The van der Waals surface area contributed by atoms with Gasteiger partial charge in [0, 0.05) is 0 Å². The summed E-state index contributed by atoms with van der Waals surface area (Å²) in [5, 5.41) is 9.30. The van der Waals surface area contributed by atoms with Crippen LogP contribution in [0.4, 0.5) is 0 Å². The fraction of sp³-hybridized carbons (Fsp3) is 1.00. The molecule has 0 aromatic rings. The highest BCUT2D eigenvalue weighted by atomic mass is 16.3. The fourth-order valence-electron chi connectivity index (χ4n) is 1.61. The van der Waals surface area contributed by atoms with Crippen molar-refractivity contribution in [2.75, 3.05) is 0 Å². The quantitative estimate of drug-likeness (QED) is 0.601. The molecule has 0 aromatic heterocycles. The van der Waals surface area contributed by atoms with E-state index in [0.29, 0.717) is 5.92 Å². The first-order chi connectivity index (χ1) is 4.24. The molecule has 0 amide bonds. The Bertz CT molecular complexity index is 84.6. The molecule has 0 radical (unpaired) electrons. The smallest absolute Gasteiger partial charge is 0.0566 e. The zero-order valence-electron chi connectivity index (χ0n) is 6.30. The second kappa shape index (κ2) is 2.70. The van der Waals surface area contributed by atoms with E-state index in [4.69, 9.17) is 0 Å². The normalized spacial score (nSPS) is 37.7. The average molecular weight is 128 g/mol. The topological polar surface area (TPSA) is 20.2 Å². The minimum atomic E-state index is -0.0128. The molecule has 0 aliphatic heterocycles. The summed E-state index contributed by atoms with van der Waals surface area (Å²) in [7, 11) is 0. The van der Waals surface area contributed by atoms with Crippen LogP contribution in [-0.4, -0.2) is 11.2 Å². The first-order valence-electron chi connectivity index (χ1n) is 3.92. The van der Waals surface area contributed by atoms with Gasteiger partial charge in [-0.25, -0.2) is 0 Å². The zero-order valence-corrected chi connectivity index (χ0v) is 6.30. The van der Waals surface area contributed by atoms with E-state index in [2.05, 4.69) is 6.92 Å². The molecule has 1 fully saturated rings. The summed E-state index contributed by atoms with van der Waals surface area (Å²) in [5.41, 5.74) is 0. The van der Waals surface area contributed by atoms with Crippen LogP contribution in [0.5, 0.6) is 0 Å². The van der Waals surface area contributed by atoms with Crippen molar-refractivity contribution < 1.29 is 5.11 Å². The van der Waals surface area contributed by atoms with Crippen molar-refractivity contribution in [3.05, 3.63) is 0 Å². The summed E-state index contributed by atoms with van der Waals surface area (Å²) in [5.74, 6) is 1.50. The number of aliphatic hydroxyl groups excluding tert-OH is 1. The molecule has 0 spiro atoms. The van der Waals surface area contributed by atoms with Crippen molar-refractivity contribution >= 4 is 0 Å². The van der Waals surface area contributed by atoms with E-state index < -0.39 is 0 Å². The predicted octanol–water partition coefficient (Wildman–Crippen LogP) is 1.80. The van der Waals surface area contributed by atoms with Gasteiger partial charge in [-0.3, -0.25) is 0 Å².